The smallest absolute Gasteiger partial charge is 0.374 e. The van der Waals surface area contributed by atoms with Gasteiger partial charge in [0.05, 0.1) is 35.3 Å². The van der Waals surface area contributed by atoms with Crippen LogP contribution in [0.4, 0.5) is 18.9 Å². The van der Waals surface area contributed by atoms with Gasteiger partial charge in [0.1, 0.15) is 0 Å². The predicted octanol–water partition coefficient (Wildman–Crippen LogP) is 2.80. The highest BCUT2D eigenvalue weighted by molar-refractivity contribution is 6.33. The van der Waals surface area contributed by atoms with E-state index in [1.165, 1.54) is 12.1 Å². The molecule has 0 radical (unpaired) electrons. The van der Waals surface area contributed by atoms with Gasteiger partial charge in [0.15, 0.2) is 0 Å². The van der Waals surface area contributed by atoms with Gasteiger partial charge in [-0.3, -0.25) is 4.79 Å². The van der Waals surface area contributed by atoms with E-state index in [0.717, 1.165) is 6.07 Å². The fourth-order valence-corrected chi connectivity index (χ4v) is 1.67. The van der Waals surface area contributed by atoms with Crippen LogP contribution in [0.1, 0.15) is 12.0 Å². The summed E-state index contributed by atoms with van der Waals surface area (Å²) in [6.07, 6.45) is -4.43. The molecular weight excluding hydrogens is 295 g/mol. The third-order valence-corrected chi connectivity index (χ3v) is 2.62. The minimum Gasteiger partial charge on any atom is -0.374 e. The molecule has 0 atom stereocenters. The maximum absolute atomic E-state index is 12.8. The summed E-state index contributed by atoms with van der Waals surface area (Å²) in [5.41, 5.74) is -1.27. The van der Waals surface area contributed by atoms with Gasteiger partial charge in [-0.15, -0.1) is 0 Å². The lowest BCUT2D eigenvalue weighted by molar-refractivity contribution is -0.137. The average Bonchev–Trinajstić information content (AvgIpc) is 2.36. The van der Waals surface area contributed by atoms with Crippen LogP contribution in [0.3, 0.4) is 0 Å². The summed E-state index contributed by atoms with van der Waals surface area (Å²) in [5, 5.41) is 12.9. The Kier molecular flexibility index (Phi) is 5.65. The molecule has 0 aliphatic carbocycles. The summed E-state index contributed by atoms with van der Waals surface area (Å²) >= 11 is 5.71. The molecule has 2 N–H and O–H groups in total. The van der Waals surface area contributed by atoms with E-state index in [9.17, 15) is 18.0 Å². The fourth-order valence-electron chi connectivity index (χ4n) is 1.43. The van der Waals surface area contributed by atoms with Gasteiger partial charge in [0.2, 0.25) is 5.91 Å². The Morgan fingerprint density at radius 2 is 2.10 bits per heavy atom. The lowest BCUT2D eigenvalue weighted by Gasteiger charge is -2.15. The first kappa shape index (κ1) is 16.1. The number of nitrogens with one attached hydrogen (secondary N) is 2. The van der Waals surface area contributed by atoms with Crippen molar-refractivity contribution in [1.82, 2.24) is 5.32 Å². The van der Waals surface area contributed by atoms with Gasteiger partial charge in [-0.1, -0.05) is 17.7 Å². The van der Waals surface area contributed by atoms with Crippen LogP contribution in [-0.2, 0) is 11.0 Å². The standard InChI is InChI=1S/C12H11ClF3N3O/c13-9-4-1-3-8(12(14,15)16)11(9)19-7-10(20)18-6-2-5-17/h1,3-4,19H,2,6-7H2,(H,18,20). The van der Waals surface area contributed by atoms with E-state index >= 15 is 0 Å². The summed E-state index contributed by atoms with van der Waals surface area (Å²) < 4.78 is 38.3. The number of benzene rings is 1. The predicted molar refractivity (Wildman–Crippen MR) is 68.2 cm³/mol. The van der Waals surface area contributed by atoms with Crippen LogP contribution in [-0.4, -0.2) is 19.0 Å². The number of carbonyl (C=O) groups excluding carboxylic acids is 1. The van der Waals surface area contributed by atoms with Crippen LogP contribution in [0.5, 0.6) is 0 Å². The Morgan fingerprint density at radius 1 is 1.40 bits per heavy atom. The highest BCUT2D eigenvalue weighted by atomic mass is 35.5. The number of amides is 1. The molecule has 1 amide bonds. The zero-order chi connectivity index (χ0) is 15.2. The van der Waals surface area contributed by atoms with Crippen LogP contribution in [0.2, 0.25) is 5.02 Å². The van der Waals surface area contributed by atoms with Crippen molar-refractivity contribution in [1.29, 1.82) is 5.26 Å². The van der Waals surface area contributed by atoms with Crippen molar-refractivity contribution in [3.63, 3.8) is 0 Å². The van der Waals surface area contributed by atoms with Gasteiger partial charge in [0.25, 0.3) is 0 Å². The van der Waals surface area contributed by atoms with E-state index < -0.39 is 17.6 Å². The van der Waals surface area contributed by atoms with Crippen molar-refractivity contribution in [3.05, 3.63) is 28.8 Å². The van der Waals surface area contributed by atoms with Crippen molar-refractivity contribution in [2.75, 3.05) is 18.4 Å². The molecule has 1 rings (SSSR count). The number of anilines is 1. The van der Waals surface area contributed by atoms with Crippen molar-refractivity contribution in [2.45, 2.75) is 12.6 Å². The van der Waals surface area contributed by atoms with Crippen LogP contribution in [0.15, 0.2) is 18.2 Å². The van der Waals surface area contributed by atoms with E-state index in [0.29, 0.717) is 0 Å². The molecule has 0 spiro atoms. The van der Waals surface area contributed by atoms with E-state index in [-0.39, 0.29) is 30.2 Å². The second-order valence-electron chi connectivity index (χ2n) is 3.77. The number of carbonyl (C=O) groups is 1. The average molecular weight is 306 g/mol. The van der Waals surface area contributed by atoms with E-state index in [1.807, 2.05) is 6.07 Å². The Bertz CT molecular complexity index is 526. The molecule has 0 aliphatic heterocycles. The summed E-state index contributed by atoms with van der Waals surface area (Å²) in [7, 11) is 0. The maximum atomic E-state index is 12.8. The molecule has 0 bridgehead atoms. The van der Waals surface area contributed by atoms with Crippen LogP contribution in [0, 0.1) is 11.3 Å². The molecule has 0 saturated heterocycles. The number of nitriles is 1. The zero-order valence-corrected chi connectivity index (χ0v) is 11.0. The van der Waals surface area contributed by atoms with Crippen LogP contribution >= 0.6 is 11.6 Å². The molecule has 0 heterocycles. The molecule has 8 heteroatoms. The fraction of sp³-hybridized carbons (Fsp3) is 0.333. The van der Waals surface area contributed by atoms with Gasteiger partial charge in [-0.2, -0.15) is 18.4 Å². The van der Waals surface area contributed by atoms with E-state index in [4.69, 9.17) is 16.9 Å². The summed E-state index contributed by atoms with van der Waals surface area (Å²) in [6.45, 7) is -0.218. The maximum Gasteiger partial charge on any atom is 0.418 e. The van der Waals surface area contributed by atoms with E-state index in [1.54, 1.807) is 0 Å². The molecular formula is C12H11ClF3N3O. The zero-order valence-electron chi connectivity index (χ0n) is 10.2. The summed E-state index contributed by atoms with van der Waals surface area (Å²) in [5.74, 6) is -0.520. The number of halogens is 4. The molecule has 1 aromatic rings. The molecule has 0 unspecified atom stereocenters. The lowest BCUT2D eigenvalue weighted by atomic mass is 10.1. The van der Waals surface area contributed by atoms with Crippen molar-refractivity contribution in [2.24, 2.45) is 0 Å². The topological polar surface area (TPSA) is 64.9 Å². The highest BCUT2D eigenvalue weighted by Crippen LogP contribution is 2.38. The first-order valence-corrected chi connectivity index (χ1v) is 5.97. The first-order chi connectivity index (χ1) is 9.36. The largest absolute Gasteiger partial charge is 0.418 e. The molecule has 0 aromatic heterocycles. The third kappa shape index (κ3) is 4.63. The molecule has 1 aromatic carbocycles. The van der Waals surface area contributed by atoms with Crippen molar-refractivity contribution >= 4 is 23.2 Å². The number of rotatable bonds is 5. The molecule has 20 heavy (non-hydrogen) atoms. The Hall–Kier alpha value is -1.94. The molecule has 0 fully saturated rings. The Labute approximate surface area is 118 Å². The molecule has 108 valence electrons. The summed E-state index contributed by atoms with van der Waals surface area (Å²) in [4.78, 5) is 11.4. The lowest BCUT2D eigenvalue weighted by Crippen LogP contribution is -2.31. The van der Waals surface area contributed by atoms with Gasteiger partial charge in [0, 0.05) is 6.54 Å². The normalized spacial score (nSPS) is 10.8. The van der Waals surface area contributed by atoms with E-state index in [2.05, 4.69) is 10.6 Å². The number of hydrogen-bond acceptors (Lipinski definition) is 3. The number of para-hydroxylation sites is 1. The van der Waals surface area contributed by atoms with Gasteiger partial charge in [-0.25, -0.2) is 0 Å². The number of hydrogen-bond donors (Lipinski definition) is 2. The number of nitrogens with zero attached hydrogens (tertiary/aromatic N) is 1. The second kappa shape index (κ2) is 7.01. The third-order valence-electron chi connectivity index (χ3n) is 2.30. The van der Waals surface area contributed by atoms with Gasteiger partial charge >= 0.3 is 6.18 Å². The van der Waals surface area contributed by atoms with Crippen molar-refractivity contribution in [3.8, 4) is 6.07 Å². The number of alkyl halides is 3. The van der Waals surface area contributed by atoms with Crippen LogP contribution < -0.4 is 10.6 Å². The van der Waals surface area contributed by atoms with Crippen LogP contribution in [0.25, 0.3) is 0 Å². The molecule has 0 saturated carbocycles. The Morgan fingerprint density at radius 3 is 2.70 bits per heavy atom. The monoisotopic (exact) mass is 305 g/mol. The van der Waals surface area contributed by atoms with Crippen molar-refractivity contribution < 1.29 is 18.0 Å². The van der Waals surface area contributed by atoms with Gasteiger partial charge in [-0.05, 0) is 12.1 Å². The first-order valence-electron chi connectivity index (χ1n) is 5.59. The second-order valence-corrected chi connectivity index (χ2v) is 4.18. The molecule has 0 aliphatic rings. The SMILES string of the molecule is N#CCCNC(=O)CNc1c(Cl)cccc1C(F)(F)F. The Balaban J connectivity index is 2.73. The minimum atomic E-state index is -4.56. The molecule has 4 nitrogen and oxygen atoms in total. The summed E-state index contributed by atoms with van der Waals surface area (Å²) in [6, 6.07) is 5.19. The van der Waals surface area contributed by atoms with Gasteiger partial charge < -0.3 is 10.6 Å². The highest BCUT2D eigenvalue weighted by Gasteiger charge is 2.34. The minimum absolute atomic E-state index is 0.121. The quantitative estimate of drug-likeness (QED) is 0.822.